The normalized spacial score (nSPS) is 22.8. The van der Waals surface area contributed by atoms with Crippen molar-refractivity contribution < 1.29 is 14.2 Å². The summed E-state index contributed by atoms with van der Waals surface area (Å²) in [5, 5.41) is 0. The molecule has 0 aromatic carbocycles. The van der Waals surface area contributed by atoms with Crippen molar-refractivity contribution in [1.82, 2.24) is 9.55 Å². The number of nitrogens with zero attached hydrogens (tertiary/aromatic N) is 2. The van der Waals surface area contributed by atoms with E-state index in [9.17, 15) is 4.79 Å². The largest absolute Gasteiger partial charge is 0.383 e. The van der Waals surface area contributed by atoms with Gasteiger partial charge in [-0.15, -0.1) is 6.42 Å². The van der Waals surface area contributed by atoms with Crippen LogP contribution in [0.5, 0.6) is 0 Å². The van der Waals surface area contributed by atoms with E-state index in [1.165, 1.54) is 16.8 Å². The fraction of sp³-hybridized carbons (Fsp3) is 0.455. The molecule has 0 radical (unpaired) electrons. The van der Waals surface area contributed by atoms with E-state index in [-0.39, 0.29) is 25.6 Å². The average molecular weight is 251 g/mol. The van der Waals surface area contributed by atoms with Gasteiger partial charge < -0.3 is 19.9 Å². The lowest BCUT2D eigenvalue weighted by Gasteiger charge is -2.12. The molecule has 0 spiro atoms. The summed E-state index contributed by atoms with van der Waals surface area (Å²) in [6, 6.07) is 1.52. The summed E-state index contributed by atoms with van der Waals surface area (Å²) in [6.07, 6.45) is 5.50. The molecule has 96 valence electrons. The van der Waals surface area contributed by atoms with E-state index in [4.69, 9.17) is 26.4 Å². The number of rotatable bonds is 4. The molecule has 0 amide bonds. The SMILES string of the molecule is C#CCOC[C@H]1OC[C@@H](n2ccc(N)nc2=O)O1. The molecule has 2 atom stereocenters. The summed E-state index contributed by atoms with van der Waals surface area (Å²) in [5.74, 6) is 2.51. The second-order valence-electron chi connectivity index (χ2n) is 3.62. The van der Waals surface area contributed by atoms with Crippen LogP contribution in [-0.4, -0.2) is 35.7 Å². The number of hydrogen-bond donors (Lipinski definition) is 1. The molecule has 2 heterocycles. The van der Waals surface area contributed by atoms with Gasteiger partial charge in [0.05, 0.1) is 13.2 Å². The van der Waals surface area contributed by atoms with Gasteiger partial charge in [-0.25, -0.2) is 4.79 Å². The van der Waals surface area contributed by atoms with Gasteiger partial charge in [0.1, 0.15) is 12.4 Å². The molecule has 7 nitrogen and oxygen atoms in total. The molecule has 1 aliphatic heterocycles. The maximum absolute atomic E-state index is 11.6. The van der Waals surface area contributed by atoms with Gasteiger partial charge in [0.2, 0.25) is 0 Å². The standard InChI is InChI=1S/C11H13N3O4/c1-2-5-16-7-10-17-6-9(18-10)14-4-3-8(12)13-11(14)15/h1,3-4,9-10H,5-7H2,(H2,12,13,15)/t9-,10-/m0/s1. The van der Waals surface area contributed by atoms with Crippen molar-refractivity contribution in [2.24, 2.45) is 0 Å². The van der Waals surface area contributed by atoms with Crippen molar-refractivity contribution in [2.45, 2.75) is 12.5 Å². The van der Waals surface area contributed by atoms with Gasteiger partial charge in [0, 0.05) is 6.20 Å². The maximum atomic E-state index is 11.6. The number of aromatic nitrogens is 2. The number of ether oxygens (including phenoxy) is 3. The van der Waals surface area contributed by atoms with Gasteiger partial charge in [-0.1, -0.05) is 5.92 Å². The fourth-order valence-electron chi connectivity index (χ4n) is 1.54. The van der Waals surface area contributed by atoms with Crippen LogP contribution in [0.15, 0.2) is 17.1 Å². The van der Waals surface area contributed by atoms with Gasteiger partial charge in [-0.3, -0.25) is 4.57 Å². The van der Waals surface area contributed by atoms with Gasteiger partial charge in [0.25, 0.3) is 0 Å². The van der Waals surface area contributed by atoms with Crippen LogP contribution in [0.25, 0.3) is 0 Å². The molecule has 18 heavy (non-hydrogen) atoms. The molecule has 1 fully saturated rings. The Balaban J connectivity index is 1.96. The van der Waals surface area contributed by atoms with Crippen molar-refractivity contribution >= 4 is 5.82 Å². The first-order valence-electron chi connectivity index (χ1n) is 5.33. The Bertz CT molecular complexity index is 508. The highest BCUT2D eigenvalue weighted by Crippen LogP contribution is 2.19. The number of hydrogen-bond acceptors (Lipinski definition) is 6. The number of nitrogen functional groups attached to an aromatic ring is 1. The molecule has 1 aromatic rings. The molecule has 0 aliphatic carbocycles. The Kier molecular flexibility index (Phi) is 3.94. The fourth-order valence-corrected chi connectivity index (χ4v) is 1.54. The summed E-state index contributed by atoms with van der Waals surface area (Å²) in [6.45, 7) is 0.657. The monoisotopic (exact) mass is 251 g/mol. The average Bonchev–Trinajstić information content (AvgIpc) is 2.78. The maximum Gasteiger partial charge on any atom is 0.351 e. The second-order valence-corrected chi connectivity index (χ2v) is 3.62. The van der Waals surface area contributed by atoms with Crippen molar-refractivity contribution in [3.63, 3.8) is 0 Å². The lowest BCUT2D eigenvalue weighted by molar-refractivity contribution is -0.111. The van der Waals surface area contributed by atoms with Gasteiger partial charge in [0.15, 0.2) is 12.5 Å². The summed E-state index contributed by atoms with van der Waals surface area (Å²) in [7, 11) is 0. The predicted molar refractivity (Wildman–Crippen MR) is 62.4 cm³/mol. The molecular weight excluding hydrogens is 238 g/mol. The van der Waals surface area contributed by atoms with Crippen LogP contribution in [0.3, 0.4) is 0 Å². The topological polar surface area (TPSA) is 88.6 Å². The minimum atomic E-state index is -0.534. The Labute approximate surface area is 103 Å². The molecule has 0 unspecified atom stereocenters. The highest BCUT2D eigenvalue weighted by molar-refractivity contribution is 5.23. The lowest BCUT2D eigenvalue weighted by Crippen LogP contribution is -2.28. The molecule has 1 aromatic heterocycles. The van der Waals surface area contributed by atoms with Crippen molar-refractivity contribution in [3.05, 3.63) is 22.7 Å². The van der Waals surface area contributed by atoms with Gasteiger partial charge in [-0.05, 0) is 6.07 Å². The molecule has 1 saturated heterocycles. The first-order chi connectivity index (χ1) is 8.70. The minimum absolute atomic E-state index is 0.170. The lowest BCUT2D eigenvalue weighted by atomic mass is 10.5. The third kappa shape index (κ3) is 2.87. The number of nitrogens with two attached hydrogens (primary N) is 1. The molecular formula is C11H13N3O4. The van der Waals surface area contributed by atoms with E-state index < -0.39 is 18.2 Å². The van der Waals surface area contributed by atoms with E-state index in [0.29, 0.717) is 0 Å². The van der Waals surface area contributed by atoms with E-state index in [1.807, 2.05) is 0 Å². The first-order valence-corrected chi connectivity index (χ1v) is 5.33. The molecule has 1 aliphatic rings. The zero-order valence-electron chi connectivity index (χ0n) is 9.61. The van der Waals surface area contributed by atoms with Crippen molar-refractivity contribution in [3.8, 4) is 12.3 Å². The van der Waals surface area contributed by atoms with E-state index >= 15 is 0 Å². The van der Waals surface area contributed by atoms with Crippen LogP contribution in [0.1, 0.15) is 6.23 Å². The highest BCUT2D eigenvalue weighted by Gasteiger charge is 2.28. The van der Waals surface area contributed by atoms with Crippen LogP contribution >= 0.6 is 0 Å². The zero-order valence-corrected chi connectivity index (χ0v) is 9.61. The third-order valence-electron chi connectivity index (χ3n) is 2.33. The van der Waals surface area contributed by atoms with Crippen LogP contribution < -0.4 is 11.4 Å². The molecule has 7 heteroatoms. The molecule has 2 N–H and O–H groups in total. The van der Waals surface area contributed by atoms with Crippen LogP contribution in [0.2, 0.25) is 0 Å². The van der Waals surface area contributed by atoms with Crippen molar-refractivity contribution in [1.29, 1.82) is 0 Å². The van der Waals surface area contributed by atoms with E-state index in [2.05, 4.69) is 10.9 Å². The van der Waals surface area contributed by atoms with Crippen molar-refractivity contribution in [2.75, 3.05) is 25.6 Å². The van der Waals surface area contributed by atoms with E-state index in [1.54, 1.807) is 0 Å². The molecule has 2 rings (SSSR count). The Morgan fingerprint density at radius 1 is 1.72 bits per heavy atom. The van der Waals surface area contributed by atoms with Crippen LogP contribution in [0.4, 0.5) is 5.82 Å². The third-order valence-corrected chi connectivity index (χ3v) is 2.33. The minimum Gasteiger partial charge on any atom is -0.383 e. The summed E-state index contributed by atoms with van der Waals surface area (Å²) in [4.78, 5) is 15.2. The smallest absolute Gasteiger partial charge is 0.351 e. The summed E-state index contributed by atoms with van der Waals surface area (Å²) < 4.78 is 17.2. The first kappa shape index (κ1) is 12.6. The van der Waals surface area contributed by atoms with Gasteiger partial charge >= 0.3 is 5.69 Å². The predicted octanol–water partition coefficient (Wildman–Crippen LogP) is -0.653. The Morgan fingerprint density at radius 2 is 2.56 bits per heavy atom. The van der Waals surface area contributed by atoms with E-state index in [0.717, 1.165) is 0 Å². The van der Waals surface area contributed by atoms with Gasteiger partial charge in [-0.2, -0.15) is 4.98 Å². The van der Waals surface area contributed by atoms with Crippen LogP contribution in [-0.2, 0) is 14.2 Å². The number of terminal acetylenes is 1. The Morgan fingerprint density at radius 3 is 3.28 bits per heavy atom. The zero-order chi connectivity index (χ0) is 13.0. The summed E-state index contributed by atoms with van der Waals surface area (Å²) in [5.41, 5.74) is 4.92. The molecule has 0 bridgehead atoms. The number of anilines is 1. The molecule has 0 saturated carbocycles. The highest BCUT2D eigenvalue weighted by atomic mass is 16.7. The van der Waals surface area contributed by atoms with Crippen LogP contribution in [0, 0.1) is 12.3 Å². The second kappa shape index (κ2) is 5.64. The Hall–Kier alpha value is -1.88. The quantitative estimate of drug-likeness (QED) is 0.565. The summed E-state index contributed by atoms with van der Waals surface area (Å²) >= 11 is 0.